The average molecular weight is 369 g/mol. The number of H-pyrrole nitrogens is 1. The number of aromatic nitrogens is 4. The van der Waals surface area contributed by atoms with Crippen LogP contribution >= 0.6 is 22.7 Å². The number of thiophene rings is 2. The maximum atomic E-state index is 12.2. The van der Waals surface area contributed by atoms with Gasteiger partial charge in [0.15, 0.2) is 5.69 Å². The molecule has 0 aliphatic carbocycles. The first-order valence-corrected chi connectivity index (χ1v) is 9.55. The molecule has 0 bridgehead atoms. The van der Waals surface area contributed by atoms with Crippen LogP contribution in [0.2, 0.25) is 0 Å². The summed E-state index contributed by atoms with van der Waals surface area (Å²) < 4.78 is 1.83. The van der Waals surface area contributed by atoms with E-state index in [-0.39, 0.29) is 5.91 Å². The third-order valence-electron chi connectivity index (χ3n) is 3.68. The number of nitrogens with one attached hydrogen (secondary N) is 2. The summed E-state index contributed by atoms with van der Waals surface area (Å²) in [4.78, 5) is 13.3. The average Bonchev–Trinajstić information content (AvgIpc) is 3.42. The molecule has 0 aromatic carbocycles. The topological polar surface area (TPSA) is 75.6 Å². The van der Waals surface area contributed by atoms with E-state index >= 15 is 0 Å². The molecule has 0 fully saturated rings. The number of aromatic amines is 1. The van der Waals surface area contributed by atoms with Crippen molar-refractivity contribution in [2.24, 2.45) is 0 Å². The molecule has 0 spiro atoms. The van der Waals surface area contributed by atoms with Crippen LogP contribution in [0.1, 0.15) is 10.5 Å². The van der Waals surface area contributed by atoms with Crippen molar-refractivity contribution < 1.29 is 4.79 Å². The highest BCUT2D eigenvalue weighted by molar-refractivity contribution is 7.13. The van der Waals surface area contributed by atoms with Gasteiger partial charge in [0.1, 0.15) is 0 Å². The van der Waals surface area contributed by atoms with Gasteiger partial charge in [-0.25, -0.2) is 0 Å². The normalized spacial score (nSPS) is 10.9. The van der Waals surface area contributed by atoms with Gasteiger partial charge in [0.25, 0.3) is 5.91 Å². The van der Waals surface area contributed by atoms with Gasteiger partial charge in [-0.1, -0.05) is 6.07 Å². The lowest BCUT2D eigenvalue weighted by atomic mass is 10.2. The van der Waals surface area contributed by atoms with Crippen molar-refractivity contribution in [3.63, 3.8) is 0 Å². The Morgan fingerprint density at radius 1 is 1.28 bits per heavy atom. The summed E-state index contributed by atoms with van der Waals surface area (Å²) in [7, 11) is 0. The minimum atomic E-state index is -0.190. The molecule has 0 saturated carbocycles. The Hall–Kier alpha value is -2.71. The Morgan fingerprint density at radius 3 is 3.04 bits per heavy atom. The number of amides is 1. The summed E-state index contributed by atoms with van der Waals surface area (Å²) >= 11 is 3.25. The molecule has 4 aromatic heterocycles. The second-order valence-electron chi connectivity index (χ2n) is 5.38. The van der Waals surface area contributed by atoms with Gasteiger partial charge in [-0.15, -0.1) is 11.3 Å². The van der Waals surface area contributed by atoms with Crippen molar-refractivity contribution in [3.05, 3.63) is 58.4 Å². The Bertz CT molecular complexity index is 953. The molecule has 0 aliphatic rings. The fourth-order valence-electron chi connectivity index (χ4n) is 2.42. The Balaban J connectivity index is 1.32. The molecular formula is C17H15N5OS2. The highest BCUT2D eigenvalue weighted by Crippen LogP contribution is 2.23. The fraction of sp³-hybridized carbons (Fsp3) is 0.118. The van der Waals surface area contributed by atoms with E-state index in [0.717, 1.165) is 21.8 Å². The predicted molar refractivity (Wildman–Crippen MR) is 99.8 cm³/mol. The largest absolute Gasteiger partial charge is 0.349 e. The molecule has 8 heteroatoms. The standard InChI is InChI=1S/C17H15N5OS2/c23-17(15-10-14(19-20-15)16-2-1-8-25-16)18-5-7-22-6-3-13(21-22)12-4-9-24-11-12/h1-4,6,8-11H,5,7H2,(H,18,23)(H,19,20). The zero-order chi connectivity index (χ0) is 17.1. The van der Waals surface area contributed by atoms with Gasteiger partial charge in [-0.05, 0) is 35.0 Å². The van der Waals surface area contributed by atoms with Gasteiger partial charge in [0.05, 0.1) is 22.8 Å². The Morgan fingerprint density at radius 2 is 2.24 bits per heavy atom. The van der Waals surface area contributed by atoms with Crippen LogP contribution in [0, 0.1) is 0 Å². The predicted octanol–water partition coefficient (Wildman–Crippen LogP) is 3.49. The summed E-state index contributed by atoms with van der Waals surface area (Å²) in [6.07, 6.45) is 1.92. The molecule has 4 rings (SSSR count). The van der Waals surface area contributed by atoms with Crippen molar-refractivity contribution >= 4 is 28.6 Å². The van der Waals surface area contributed by atoms with Gasteiger partial charge in [0, 0.05) is 23.7 Å². The van der Waals surface area contributed by atoms with Crippen LogP contribution < -0.4 is 5.32 Å². The number of rotatable bonds is 6. The molecule has 4 aromatic rings. The highest BCUT2D eigenvalue weighted by Gasteiger charge is 2.11. The first-order chi connectivity index (χ1) is 12.3. The first-order valence-electron chi connectivity index (χ1n) is 7.73. The van der Waals surface area contributed by atoms with Crippen LogP contribution in [0.5, 0.6) is 0 Å². The number of hydrogen-bond acceptors (Lipinski definition) is 5. The van der Waals surface area contributed by atoms with Crippen LogP contribution in [-0.4, -0.2) is 32.4 Å². The summed E-state index contributed by atoms with van der Waals surface area (Å²) in [5, 5.41) is 20.5. The maximum absolute atomic E-state index is 12.2. The quantitative estimate of drug-likeness (QED) is 0.546. The molecule has 4 heterocycles. The van der Waals surface area contributed by atoms with Crippen molar-refractivity contribution in [2.75, 3.05) is 6.54 Å². The van der Waals surface area contributed by atoms with Gasteiger partial charge >= 0.3 is 0 Å². The van der Waals surface area contributed by atoms with E-state index in [2.05, 4.69) is 26.0 Å². The van der Waals surface area contributed by atoms with E-state index in [1.165, 1.54) is 0 Å². The molecule has 0 unspecified atom stereocenters. The molecule has 126 valence electrons. The molecule has 25 heavy (non-hydrogen) atoms. The van der Waals surface area contributed by atoms with Gasteiger partial charge in [0.2, 0.25) is 0 Å². The maximum Gasteiger partial charge on any atom is 0.271 e. The smallest absolute Gasteiger partial charge is 0.271 e. The molecule has 0 saturated heterocycles. The Kier molecular flexibility index (Phi) is 4.45. The van der Waals surface area contributed by atoms with E-state index in [0.29, 0.717) is 18.8 Å². The van der Waals surface area contributed by atoms with E-state index in [1.807, 2.05) is 45.9 Å². The zero-order valence-electron chi connectivity index (χ0n) is 13.2. The summed E-state index contributed by atoms with van der Waals surface area (Å²) in [5.74, 6) is -0.190. The molecule has 2 N–H and O–H groups in total. The minimum absolute atomic E-state index is 0.190. The van der Waals surface area contributed by atoms with Crippen molar-refractivity contribution in [2.45, 2.75) is 6.54 Å². The summed E-state index contributed by atoms with van der Waals surface area (Å²) in [6.45, 7) is 1.10. The molecule has 0 radical (unpaired) electrons. The van der Waals surface area contributed by atoms with Crippen LogP contribution in [0.15, 0.2) is 52.7 Å². The molecule has 6 nitrogen and oxygen atoms in total. The van der Waals surface area contributed by atoms with Crippen molar-refractivity contribution in [1.29, 1.82) is 0 Å². The Labute approximate surface area is 152 Å². The van der Waals surface area contributed by atoms with Crippen LogP contribution in [-0.2, 0) is 6.54 Å². The van der Waals surface area contributed by atoms with Gasteiger partial charge in [-0.3, -0.25) is 14.6 Å². The first kappa shape index (κ1) is 15.8. The fourth-order valence-corrected chi connectivity index (χ4v) is 3.76. The molecular weight excluding hydrogens is 354 g/mol. The molecule has 0 atom stereocenters. The van der Waals surface area contributed by atoms with Crippen molar-refractivity contribution in [3.8, 4) is 21.8 Å². The van der Waals surface area contributed by atoms with E-state index in [9.17, 15) is 4.79 Å². The monoisotopic (exact) mass is 369 g/mol. The number of carbonyl (C=O) groups is 1. The third kappa shape index (κ3) is 3.54. The summed E-state index contributed by atoms with van der Waals surface area (Å²) in [6, 6.07) is 9.74. The van der Waals surface area contributed by atoms with Gasteiger partial charge < -0.3 is 5.32 Å². The second kappa shape index (κ2) is 7.04. The lowest BCUT2D eigenvalue weighted by Gasteiger charge is -2.03. The van der Waals surface area contributed by atoms with Crippen LogP contribution in [0.4, 0.5) is 0 Å². The number of nitrogens with zero attached hydrogens (tertiary/aromatic N) is 3. The summed E-state index contributed by atoms with van der Waals surface area (Å²) in [5.41, 5.74) is 3.31. The lowest BCUT2D eigenvalue weighted by molar-refractivity contribution is 0.0947. The van der Waals surface area contributed by atoms with E-state index < -0.39 is 0 Å². The zero-order valence-corrected chi connectivity index (χ0v) is 14.8. The van der Waals surface area contributed by atoms with E-state index in [4.69, 9.17) is 0 Å². The third-order valence-corrected chi connectivity index (χ3v) is 5.27. The SMILES string of the molecule is O=C(NCCn1ccc(-c2ccsc2)n1)c1cc(-c2cccs2)[nH]n1. The second-order valence-corrected chi connectivity index (χ2v) is 7.10. The molecule has 1 amide bonds. The number of hydrogen-bond donors (Lipinski definition) is 2. The van der Waals surface area contributed by atoms with Crippen LogP contribution in [0.3, 0.4) is 0 Å². The number of carbonyl (C=O) groups excluding carboxylic acids is 1. The van der Waals surface area contributed by atoms with E-state index in [1.54, 1.807) is 28.7 Å². The molecule has 0 aliphatic heterocycles. The van der Waals surface area contributed by atoms with Crippen LogP contribution in [0.25, 0.3) is 21.8 Å². The minimum Gasteiger partial charge on any atom is -0.349 e. The highest BCUT2D eigenvalue weighted by atomic mass is 32.1. The lowest BCUT2D eigenvalue weighted by Crippen LogP contribution is -2.27. The van der Waals surface area contributed by atoms with Gasteiger partial charge in [-0.2, -0.15) is 21.5 Å². The van der Waals surface area contributed by atoms with Crippen molar-refractivity contribution in [1.82, 2.24) is 25.3 Å².